The molecule has 0 amide bonds. The number of nitrogens with zero attached hydrogens (tertiary/aromatic N) is 1. The van der Waals surface area contributed by atoms with Crippen LogP contribution in [-0.2, 0) is 4.74 Å². The Morgan fingerprint density at radius 3 is 3.00 bits per heavy atom. The summed E-state index contributed by atoms with van der Waals surface area (Å²) in [4.78, 5) is 4.15. The van der Waals surface area contributed by atoms with Gasteiger partial charge in [-0.25, -0.2) is 0 Å². The Morgan fingerprint density at radius 1 is 1.32 bits per heavy atom. The second kappa shape index (κ2) is 7.19. The molecule has 0 fully saturated rings. The van der Waals surface area contributed by atoms with Gasteiger partial charge < -0.3 is 4.74 Å². The fourth-order valence-corrected chi connectivity index (χ4v) is 2.23. The molecule has 0 aliphatic carbocycles. The van der Waals surface area contributed by atoms with Crippen LogP contribution in [0.15, 0.2) is 36.7 Å². The van der Waals surface area contributed by atoms with Crippen LogP contribution >= 0.6 is 0 Å². The summed E-state index contributed by atoms with van der Waals surface area (Å²) in [6.07, 6.45) is 5.59. The molecule has 4 nitrogen and oxygen atoms in total. The molecule has 0 spiro atoms. The third-order valence-electron chi connectivity index (χ3n) is 3.19. The molecule has 3 N–H and O–H groups in total. The van der Waals surface area contributed by atoms with Crippen molar-refractivity contribution >= 4 is 10.8 Å². The van der Waals surface area contributed by atoms with Gasteiger partial charge in [0, 0.05) is 37.0 Å². The molecule has 4 heteroatoms. The van der Waals surface area contributed by atoms with Crippen molar-refractivity contribution in [3.8, 4) is 0 Å². The van der Waals surface area contributed by atoms with Crippen molar-refractivity contribution in [3.63, 3.8) is 0 Å². The Hall–Kier alpha value is -1.49. The van der Waals surface area contributed by atoms with E-state index in [0.29, 0.717) is 6.61 Å². The lowest BCUT2D eigenvalue weighted by atomic mass is 9.98. The van der Waals surface area contributed by atoms with Gasteiger partial charge in [-0.05, 0) is 29.9 Å². The highest BCUT2D eigenvalue weighted by Crippen LogP contribution is 2.25. The largest absolute Gasteiger partial charge is 0.381 e. The van der Waals surface area contributed by atoms with E-state index >= 15 is 0 Å². The van der Waals surface area contributed by atoms with Gasteiger partial charge >= 0.3 is 0 Å². The second-order valence-electron chi connectivity index (χ2n) is 4.56. The zero-order chi connectivity index (χ0) is 13.5. The molecular formula is C15H21N3O. The first kappa shape index (κ1) is 13.9. The number of ether oxygens (including phenoxy) is 1. The summed E-state index contributed by atoms with van der Waals surface area (Å²) in [5.41, 5.74) is 4.08. The molecule has 1 heterocycles. The van der Waals surface area contributed by atoms with Crippen LogP contribution in [-0.4, -0.2) is 18.2 Å². The Bertz CT molecular complexity index is 510. The third kappa shape index (κ3) is 3.50. The first-order chi connectivity index (χ1) is 9.36. The molecule has 1 aromatic carbocycles. The number of hydrogen-bond acceptors (Lipinski definition) is 4. The zero-order valence-electron chi connectivity index (χ0n) is 11.3. The van der Waals surface area contributed by atoms with Crippen LogP contribution in [0.3, 0.4) is 0 Å². The van der Waals surface area contributed by atoms with Gasteiger partial charge in [0.05, 0.1) is 0 Å². The van der Waals surface area contributed by atoms with Gasteiger partial charge in [-0.3, -0.25) is 16.3 Å². The molecule has 2 rings (SSSR count). The summed E-state index contributed by atoms with van der Waals surface area (Å²) < 4.78 is 5.54. The van der Waals surface area contributed by atoms with Crippen LogP contribution in [0, 0.1) is 0 Å². The standard InChI is InChI=1S/C15H21N3O/c1-2-9-19-10-7-15(18-16)14-5-3-4-12-11-17-8-6-13(12)14/h3-6,8,11,15,18H,2,7,9-10,16H2,1H3. The van der Waals surface area contributed by atoms with E-state index in [1.165, 1.54) is 10.9 Å². The number of hydrazine groups is 1. The molecule has 0 aliphatic rings. The predicted molar refractivity (Wildman–Crippen MR) is 77.5 cm³/mol. The summed E-state index contributed by atoms with van der Waals surface area (Å²) >= 11 is 0. The molecule has 1 unspecified atom stereocenters. The maximum atomic E-state index is 5.69. The van der Waals surface area contributed by atoms with Gasteiger partial charge in [-0.2, -0.15) is 0 Å². The number of nitrogens with two attached hydrogens (primary N) is 1. The van der Waals surface area contributed by atoms with Crippen molar-refractivity contribution in [1.29, 1.82) is 0 Å². The number of hydrogen-bond donors (Lipinski definition) is 2. The average Bonchev–Trinajstić information content (AvgIpc) is 2.47. The lowest BCUT2D eigenvalue weighted by Crippen LogP contribution is -2.29. The topological polar surface area (TPSA) is 60.2 Å². The predicted octanol–water partition coefficient (Wildman–Crippen LogP) is 2.56. The minimum absolute atomic E-state index is 0.1000. The monoisotopic (exact) mass is 259 g/mol. The van der Waals surface area contributed by atoms with Crippen LogP contribution in [0.2, 0.25) is 0 Å². The van der Waals surface area contributed by atoms with Crippen LogP contribution in [0.5, 0.6) is 0 Å². The fraction of sp³-hybridized carbons (Fsp3) is 0.400. The highest BCUT2D eigenvalue weighted by atomic mass is 16.5. The maximum absolute atomic E-state index is 5.69. The van der Waals surface area contributed by atoms with Crippen LogP contribution in [0.25, 0.3) is 10.8 Å². The quantitative estimate of drug-likeness (QED) is 0.456. The van der Waals surface area contributed by atoms with E-state index in [9.17, 15) is 0 Å². The Kier molecular flexibility index (Phi) is 5.27. The van der Waals surface area contributed by atoms with E-state index in [1.54, 1.807) is 0 Å². The Balaban J connectivity index is 2.16. The van der Waals surface area contributed by atoms with Gasteiger partial charge in [-0.15, -0.1) is 0 Å². The van der Waals surface area contributed by atoms with Gasteiger partial charge in [-0.1, -0.05) is 25.1 Å². The molecular weight excluding hydrogens is 238 g/mol. The van der Waals surface area contributed by atoms with E-state index in [1.807, 2.05) is 24.5 Å². The lowest BCUT2D eigenvalue weighted by Gasteiger charge is -2.18. The SMILES string of the molecule is CCCOCCC(NN)c1cccc2cnccc12. The van der Waals surface area contributed by atoms with E-state index in [-0.39, 0.29) is 6.04 Å². The normalized spacial score (nSPS) is 12.7. The van der Waals surface area contributed by atoms with Gasteiger partial charge in [0.1, 0.15) is 0 Å². The molecule has 2 aromatic rings. The number of pyridine rings is 1. The number of aromatic nitrogens is 1. The Labute approximate surface area is 113 Å². The molecule has 0 saturated heterocycles. The molecule has 19 heavy (non-hydrogen) atoms. The summed E-state index contributed by atoms with van der Waals surface area (Å²) in [7, 11) is 0. The van der Waals surface area contributed by atoms with Crippen molar-refractivity contribution < 1.29 is 4.74 Å². The molecule has 1 atom stereocenters. The number of nitrogens with one attached hydrogen (secondary N) is 1. The van der Waals surface area contributed by atoms with Crippen molar-refractivity contribution in [2.75, 3.05) is 13.2 Å². The fourth-order valence-electron chi connectivity index (χ4n) is 2.23. The Morgan fingerprint density at radius 2 is 2.21 bits per heavy atom. The van der Waals surface area contributed by atoms with Crippen LogP contribution in [0.1, 0.15) is 31.4 Å². The van der Waals surface area contributed by atoms with Crippen LogP contribution in [0.4, 0.5) is 0 Å². The minimum atomic E-state index is 0.1000. The molecule has 0 radical (unpaired) electrons. The highest BCUT2D eigenvalue weighted by molar-refractivity contribution is 5.85. The van der Waals surface area contributed by atoms with Crippen molar-refractivity contribution in [2.45, 2.75) is 25.8 Å². The smallest absolute Gasteiger partial charge is 0.0488 e. The van der Waals surface area contributed by atoms with E-state index in [2.05, 4.69) is 29.5 Å². The zero-order valence-corrected chi connectivity index (χ0v) is 11.3. The first-order valence-corrected chi connectivity index (χ1v) is 6.73. The molecule has 102 valence electrons. The number of fused-ring (bicyclic) bond motifs is 1. The maximum Gasteiger partial charge on any atom is 0.0488 e. The van der Waals surface area contributed by atoms with Crippen molar-refractivity contribution in [3.05, 3.63) is 42.2 Å². The second-order valence-corrected chi connectivity index (χ2v) is 4.56. The number of benzene rings is 1. The van der Waals surface area contributed by atoms with Crippen molar-refractivity contribution in [1.82, 2.24) is 10.4 Å². The summed E-state index contributed by atoms with van der Waals surface area (Å²) in [6.45, 7) is 3.62. The van der Waals surface area contributed by atoms with Gasteiger partial charge in [0.25, 0.3) is 0 Å². The number of rotatable bonds is 7. The van der Waals surface area contributed by atoms with Crippen LogP contribution < -0.4 is 11.3 Å². The third-order valence-corrected chi connectivity index (χ3v) is 3.19. The first-order valence-electron chi connectivity index (χ1n) is 6.73. The molecule has 0 saturated carbocycles. The summed E-state index contributed by atoms with van der Waals surface area (Å²) in [5, 5.41) is 2.32. The van der Waals surface area contributed by atoms with Crippen molar-refractivity contribution in [2.24, 2.45) is 5.84 Å². The summed E-state index contributed by atoms with van der Waals surface area (Å²) in [5.74, 6) is 5.69. The summed E-state index contributed by atoms with van der Waals surface area (Å²) in [6, 6.07) is 8.33. The van der Waals surface area contributed by atoms with Gasteiger partial charge in [0.2, 0.25) is 0 Å². The molecule has 0 aliphatic heterocycles. The molecule has 1 aromatic heterocycles. The average molecular weight is 259 g/mol. The van der Waals surface area contributed by atoms with Gasteiger partial charge in [0.15, 0.2) is 0 Å². The van der Waals surface area contributed by atoms with E-state index in [4.69, 9.17) is 10.6 Å². The minimum Gasteiger partial charge on any atom is -0.381 e. The van der Waals surface area contributed by atoms with E-state index < -0.39 is 0 Å². The highest BCUT2D eigenvalue weighted by Gasteiger charge is 2.12. The lowest BCUT2D eigenvalue weighted by molar-refractivity contribution is 0.124. The van der Waals surface area contributed by atoms with E-state index in [0.717, 1.165) is 24.8 Å². The molecule has 0 bridgehead atoms.